The molecule has 9 heteroatoms. The molecule has 2 heterocycles. The van der Waals surface area contributed by atoms with E-state index in [0.29, 0.717) is 22.1 Å². The Morgan fingerprint density at radius 3 is 2.80 bits per heavy atom. The largest absolute Gasteiger partial charge is 0.328 e. The van der Waals surface area contributed by atoms with E-state index in [1.807, 2.05) is 30.3 Å². The summed E-state index contributed by atoms with van der Waals surface area (Å²) in [7, 11) is 0. The molecule has 2 amide bonds. The summed E-state index contributed by atoms with van der Waals surface area (Å²) < 4.78 is 0.476. The van der Waals surface area contributed by atoms with Crippen LogP contribution < -0.4 is 16.0 Å². The van der Waals surface area contributed by atoms with Crippen molar-refractivity contribution < 1.29 is 9.59 Å². The first kappa shape index (κ1) is 17.7. The molecule has 25 heavy (non-hydrogen) atoms. The van der Waals surface area contributed by atoms with Gasteiger partial charge in [0, 0.05) is 12.5 Å². The summed E-state index contributed by atoms with van der Waals surface area (Å²) in [4.78, 5) is 25.1. The zero-order valence-corrected chi connectivity index (χ0v) is 15.1. The van der Waals surface area contributed by atoms with Crippen molar-refractivity contribution in [2.24, 2.45) is 5.92 Å². The molecule has 4 N–H and O–H groups in total. The highest BCUT2D eigenvalue weighted by atomic mass is 32.1. The Balaban J connectivity index is 1.69. The maximum Gasteiger partial charge on any atom is 0.321 e. The number of carbonyl (C=O) groups is 2. The van der Waals surface area contributed by atoms with Gasteiger partial charge < -0.3 is 10.6 Å². The third-order valence-corrected chi connectivity index (χ3v) is 5.06. The van der Waals surface area contributed by atoms with Crippen LogP contribution in [-0.2, 0) is 11.2 Å². The van der Waals surface area contributed by atoms with Crippen molar-refractivity contribution in [2.45, 2.75) is 18.9 Å². The smallest absolute Gasteiger partial charge is 0.321 e. The topological polar surface area (TPSA) is 98.9 Å². The van der Waals surface area contributed by atoms with Crippen molar-refractivity contribution in [1.29, 1.82) is 0 Å². The lowest BCUT2D eigenvalue weighted by Gasteiger charge is -2.20. The third-order valence-electron chi connectivity index (χ3n) is 4.05. The second-order valence-corrected chi connectivity index (χ2v) is 7.52. The number of amides is 2. The normalized spacial score (nSPS) is 17.8. The fourth-order valence-electron chi connectivity index (χ4n) is 2.83. The molecule has 0 aliphatic carbocycles. The van der Waals surface area contributed by atoms with E-state index in [1.165, 1.54) is 0 Å². The van der Waals surface area contributed by atoms with Crippen LogP contribution in [0, 0.1) is 9.87 Å². The number of carbonyl (C=O) groups excluding carboxylic acids is 2. The number of nitrogens with zero attached hydrogens (tertiary/aromatic N) is 1. The Morgan fingerprint density at radius 1 is 1.36 bits per heavy atom. The first-order valence-corrected chi connectivity index (χ1v) is 9.25. The number of benzene rings is 1. The molecule has 1 aromatic carbocycles. The molecule has 1 unspecified atom stereocenters. The lowest BCUT2D eigenvalue weighted by atomic mass is 9.93. The van der Waals surface area contributed by atoms with Gasteiger partial charge >= 0.3 is 6.03 Å². The summed E-state index contributed by atoms with van der Waals surface area (Å²) in [5, 5.41) is 15.5. The number of nitrogens with one attached hydrogen (secondary N) is 4. The van der Waals surface area contributed by atoms with Crippen LogP contribution in [0.15, 0.2) is 30.3 Å². The predicted molar refractivity (Wildman–Crippen MR) is 99.4 cm³/mol. The van der Waals surface area contributed by atoms with Gasteiger partial charge in [0.15, 0.2) is 9.74 Å². The average Bonchev–Trinajstić information content (AvgIpc) is 3.26. The van der Waals surface area contributed by atoms with E-state index in [0.717, 1.165) is 29.9 Å². The number of aromatic amines is 1. The van der Waals surface area contributed by atoms with Gasteiger partial charge in [0.2, 0.25) is 5.13 Å². The van der Waals surface area contributed by atoms with Crippen molar-refractivity contribution in [3.63, 3.8) is 0 Å². The maximum absolute atomic E-state index is 12.8. The molecule has 1 fully saturated rings. The van der Waals surface area contributed by atoms with Gasteiger partial charge in [-0.25, -0.2) is 4.79 Å². The van der Waals surface area contributed by atoms with Gasteiger partial charge in [0.1, 0.15) is 0 Å². The third kappa shape index (κ3) is 4.94. The quantitative estimate of drug-likeness (QED) is 0.578. The minimum Gasteiger partial charge on any atom is -0.328 e. The molecule has 0 bridgehead atoms. The number of ketones is 1. The molecule has 1 aromatic heterocycles. The minimum atomic E-state index is -0.584. The second kappa shape index (κ2) is 8.32. The molecule has 2 aromatic rings. The lowest BCUT2D eigenvalue weighted by molar-refractivity contribution is -0.124. The molecule has 7 nitrogen and oxygen atoms in total. The van der Waals surface area contributed by atoms with E-state index < -0.39 is 12.1 Å². The van der Waals surface area contributed by atoms with Crippen molar-refractivity contribution in [3.05, 3.63) is 39.8 Å². The minimum absolute atomic E-state index is 0.0543. The molecule has 1 aliphatic heterocycles. The van der Waals surface area contributed by atoms with Gasteiger partial charge in [-0.15, -0.1) is 5.10 Å². The lowest BCUT2D eigenvalue weighted by Crippen LogP contribution is -2.47. The van der Waals surface area contributed by atoms with Gasteiger partial charge in [0.25, 0.3) is 0 Å². The molecule has 1 saturated heterocycles. The van der Waals surface area contributed by atoms with Gasteiger partial charge in [-0.3, -0.25) is 15.2 Å². The van der Waals surface area contributed by atoms with Crippen molar-refractivity contribution in [2.75, 3.05) is 18.4 Å². The zero-order valence-electron chi connectivity index (χ0n) is 13.5. The summed E-state index contributed by atoms with van der Waals surface area (Å²) >= 11 is 6.10. The van der Waals surface area contributed by atoms with E-state index in [1.54, 1.807) is 0 Å². The van der Waals surface area contributed by atoms with Crippen molar-refractivity contribution >= 4 is 40.5 Å². The van der Waals surface area contributed by atoms with Gasteiger partial charge in [-0.1, -0.05) is 41.7 Å². The molecular formula is C16H19N5O2S2. The van der Waals surface area contributed by atoms with Crippen molar-refractivity contribution in [1.82, 2.24) is 20.8 Å². The zero-order chi connectivity index (χ0) is 17.6. The summed E-state index contributed by atoms with van der Waals surface area (Å²) in [5.74, 6) is -0.0138. The monoisotopic (exact) mass is 377 g/mol. The number of hydrogen-bond acceptors (Lipinski definition) is 6. The Bertz CT molecular complexity index is 783. The summed E-state index contributed by atoms with van der Waals surface area (Å²) in [6, 6.07) is 8.62. The molecule has 0 radical (unpaired) electrons. The first-order valence-electron chi connectivity index (χ1n) is 8.03. The molecule has 2 atom stereocenters. The van der Waals surface area contributed by atoms with E-state index >= 15 is 0 Å². The van der Waals surface area contributed by atoms with Gasteiger partial charge in [-0.05, 0) is 37.2 Å². The fraction of sp³-hybridized carbons (Fsp3) is 0.375. The average molecular weight is 377 g/mol. The molecule has 0 saturated carbocycles. The highest BCUT2D eigenvalue weighted by Crippen LogP contribution is 2.15. The van der Waals surface area contributed by atoms with Crippen LogP contribution in [0.4, 0.5) is 9.93 Å². The van der Waals surface area contributed by atoms with Crippen LogP contribution in [0.25, 0.3) is 0 Å². The number of Topliss-reactive ketones (excluding diaryl/α,β-unsaturated/α-hetero) is 1. The standard InChI is InChI=1S/C16H19N5O2S2/c22-13(11-6-7-17-9-11)12(8-10-4-2-1-3-5-10)18-14(23)19-15-20-21-16(24)25-15/h1-5,11-12,17H,6-9H2,(H,21,24)(H2,18,19,20,23)/t11-,12?/m0/s1. The number of urea groups is 1. The molecular weight excluding hydrogens is 358 g/mol. The maximum atomic E-state index is 12.8. The van der Waals surface area contributed by atoms with Crippen molar-refractivity contribution in [3.8, 4) is 0 Å². The highest BCUT2D eigenvalue weighted by molar-refractivity contribution is 7.73. The van der Waals surface area contributed by atoms with Crippen LogP contribution >= 0.6 is 23.6 Å². The number of anilines is 1. The van der Waals surface area contributed by atoms with Crippen LogP contribution in [0.1, 0.15) is 12.0 Å². The van der Waals surface area contributed by atoms with E-state index in [-0.39, 0.29) is 11.7 Å². The SMILES string of the molecule is O=C(Nc1n[nH]c(=S)s1)NC(Cc1ccccc1)C(=O)[C@H]1CCNC1. The van der Waals surface area contributed by atoms with E-state index in [4.69, 9.17) is 12.2 Å². The van der Waals surface area contributed by atoms with Gasteiger partial charge in [-0.2, -0.15) is 0 Å². The number of rotatable bonds is 6. The molecule has 132 valence electrons. The summed E-state index contributed by atoms with van der Waals surface area (Å²) in [6.07, 6.45) is 1.26. The number of hydrogen-bond donors (Lipinski definition) is 4. The Hall–Kier alpha value is -2.10. The summed E-state index contributed by atoms with van der Waals surface area (Å²) in [5.41, 5.74) is 1.00. The van der Waals surface area contributed by atoms with E-state index in [9.17, 15) is 9.59 Å². The number of H-pyrrole nitrogens is 1. The predicted octanol–water partition coefficient (Wildman–Crippen LogP) is 2.11. The Kier molecular flexibility index (Phi) is 5.90. The summed E-state index contributed by atoms with van der Waals surface area (Å²) in [6.45, 7) is 1.49. The molecule has 0 spiro atoms. The molecule has 1 aliphatic rings. The molecule has 3 rings (SSSR count). The highest BCUT2D eigenvalue weighted by Gasteiger charge is 2.30. The first-order chi connectivity index (χ1) is 12.1. The van der Waals surface area contributed by atoms with Crippen LogP contribution in [0.3, 0.4) is 0 Å². The number of aromatic nitrogens is 2. The van der Waals surface area contributed by atoms with Crippen LogP contribution in [0.5, 0.6) is 0 Å². The van der Waals surface area contributed by atoms with Gasteiger partial charge in [0.05, 0.1) is 6.04 Å². The fourth-order valence-corrected chi connectivity index (χ4v) is 3.61. The van der Waals surface area contributed by atoms with Crippen LogP contribution in [-0.4, -0.2) is 41.1 Å². The second-order valence-electron chi connectivity index (χ2n) is 5.85. The van der Waals surface area contributed by atoms with E-state index in [2.05, 4.69) is 26.1 Å². The van der Waals surface area contributed by atoms with Crippen LogP contribution in [0.2, 0.25) is 0 Å². The Labute approximate surface area is 154 Å². The Morgan fingerprint density at radius 2 is 2.16 bits per heavy atom.